The van der Waals surface area contributed by atoms with Gasteiger partial charge in [-0.3, -0.25) is 10.1 Å². The van der Waals surface area contributed by atoms with Gasteiger partial charge in [0, 0.05) is 24.2 Å². The van der Waals surface area contributed by atoms with Gasteiger partial charge in [-0.25, -0.2) is 4.39 Å². The van der Waals surface area contributed by atoms with E-state index in [4.69, 9.17) is 0 Å². The second-order valence-corrected chi connectivity index (χ2v) is 3.69. The molecule has 0 heterocycles. The Bertz CT molecular complexity index is 454. The smallest absolute Gasteiger partial charge is 0.311 e. The van der Waals surface area contributed by atoms with Crippen LogP contribution in [0.15, 0.2) is 12.1 Å². The molecule has 0 aliphatic rings. The van der Waals surface area contributed by atoms with Crippen LogP contribution in [0.25, 0.3) is 0 Å². The summed E-state index contributed by atoms with van der Waals surface area (Å²) in [6.07, 6.45) is -2.95. The highest BCUT2D eigenvalue weighted by Crippen LogP contribution is 2.32. The minimum absolute atomic E-state index is 0.0186. The number of aromatic hydroxyl groups is 1. The summed E-state index contributed by atoms with van der Waals surface area (Å²) in [6.45, 7) is -0.0186. The summed E-state index contributed by atoms with van der Waals surface area (Å²) < 4.78 is 13.5. The van der Waals surface area contributed by atoms with Crippen molar-refractivity contribution >= 4 is 5.69 Å². The lowest BCUT2D eigenvalue weighted by molar-refractivity contribution is -0.386. The van der Waals surface area contributed by atoms with Crippen molar-refractivity contribution in [3.63, 3.8) is 0 Å². The summed E-state index contributed by atoms with van der Waals surface area (Å²) >= 11 is 0. The first-order chi connectivity index (χ1) is 8.38. The van der Waals surface area contributed by atoms with Crippen molar-refractivity contribution < 1.29 is 24.6 Å². The predicted octanol–water partition coefficient (Wildman–Crippen LogP) is 0.0532. The van der Waals surface area contributed by atoms with Crippen LogP contribution >= 0.6 is 0 Å². The van der Waals surface area contributed by atoms with Gasteiger partial charge in [0.1, 0.15) is 11.9 Å². The predicted molar refractivity (Wildman–Crippen MR) is 59.6 cm³/mol. The van der Waals surface area contributed by atoms with Crippen molar-refractivity contribution in [2.45, 2.75) is 12.2 Å². The molecule has 1 rings (SSSR count). The van der Waals surface area contributed by atoms with Gasteiger partial charge >= 0.3 is 5.69 Å². The number of phenolic OH excluding ortho intramolecular Hbond substituents is 1. The zero-order valence-corrected chi connectivity index (χ0v) is 9.50. The maximum absolute atomic E-state index is 13.5. The van der Waals surface area contributed by atoms with Crippen LogP contribution < -0.4 is 5.32 Å². The molecule has 0 saturated carbocycles. The van der Waals surface area contributed by atoms with Gasteiger partial charge in [-0.1, -0.05) is 0 Å². The quantitative estimate of drug-likeness (QED) is 0.439. The van der Waals surface area contributed by atoms with Gasteiger partial charge in [-0.2, -0.15) is 0 Å². The standard InChI is InChI=1S/C10H13FN2O5/c1-12-4-9(15)10(16)5-2-7(13(17)18)8(14)3-6(5)11/h2-3,9-10,12,14-16H,4H2,1H3. The van der Waals surface area contributed by atoms with E-state index in [-0.39, 0.29) is 6.54 Å². The Morgan fingerprint density at radius 3 is 2.61 bits per heavy atom. The molecule has 0 aliphatic carbocycles. The molecule has 8 heteroatoms. The fourth-order valence-corrected chi connectivity index (χ4v) is 1.47. The van der Waals surface area contributed by atoms with E-state index >= 15 is 0 Å². The molecule has 2 unspecified atom stereocenters. The molecule has 100 valence electrons. The van der Waals surface area contributed by atoms with E-state index in [9.17, 15) is 29.8 Å². The van der Waals surface area contributed by atoms with Gasteiger partial charge in [-0.15, -0.1) is 0 Å². The second-order valence-electron chi connectivity index (χ2n) is 3.69. The fourth-order valence-electron chi connectivity index (χ4n) is 1.47. The fraction of sp³-hybridized carbons (Fsp3) is 0.400. The number of rotatable bonds is 5. The van der Waals surface area contributed by atoms with Gasteiger partial charge < -0.3 is 20.6 Å². The summed E-state index contributed by atoms with van der Waals surface area (Å²) in [5.41, 5.74) is -1.18. The van der Waals surface area contributed by atoms with Crippen LogP contribution in [0.3, 0.4) is 0 Å². The Hall–Kier alpha value is -1.77. The SMILES string of the molecule is CNCC(O)C(O)c1cc([N+](=O)[O-])c(O)cc1F. The van der Waals surface area contributed by atoms with Gasteiger partial charge in [0.05, 0.1) is 11.0 Å². The van der Waals surface area contributed by atoms with Crippen molar-refractivity contribution in [3.8, 4) is 5.75 Å². The lowest BCUT2D eigenvalue weighted by atomic mass is 10.0. The summed E-state index contributed by atoms with van der Waals surface area (Å²) in [5, 5.41) is 41.5. The van der Waals surface area contributed by atoms with E-state index in [1.807, 2.05) is 0 Å². The largest absolute Gasteiger partial charge is 0.502 e. The zero-order chi connectivity index (χ0) is 13.9. The minimum atomic E-state index is -1.63. The van der Waals surface area contributed by atoms with Crippen LogP contribution in [-0.4, -0.2) is 39.9 Å². The van der Waals surface area contributed by atoms with Crippen molar-refractivity contribution in [2.24, 2.45) is 0 Å². The van der Waals surface area contributed by atoms with Gasteiger partial charge in [0.15, 0.2) is 5.75 Å². The van der Waals surface area contributed by atoms with Gasteiger partial charge in [0.2, 0.25) is 0 Å². The van der Waals surface area contributed by atoms with E-state index in [1.165, 1.54) is 7.05 Å². The number of likely N-dealkylation sites (N-methyl/N-ethyl adjacent to an activating group) is 1. The average molecular weight is 260 g/mol. The Balaban J connectivity index is 3.15. The second kappa shape index (κ2) is 5.71. The molecule has 0 fully saturated rings. The normalized spacial score (nSPS) is 14.2. The number of hydrogen-bond acceptors (Lipinski definition) is 6. The van der Waals surface area contributed by atoms with Crippen LogP contribution in [0.2, 0.25) is 0 Å². The molecule has 0 aromatic heterocycles. The van der Waals surface area contributed by atoms with E-state index in [1.54, 1.807) is 0 Å². The first kappa shape index (κ1) is 14.3. The van der Waals surface area contributed by atoms with Gasteiger partial charge in [-0.05, 0) is 7.05 Å². The lowest BCUT2D eigenvalue weighted by Gasteiger charge is -2.18. The van der Waals surface area contributed by atoms with Crippen LogP contribution in [0.5, 0.6) is 5.75 Å². The third-order valence-corrected chi connectivity index (χ3v) is 2.39. The van der Waals surface area contributed by atoms with Crippen LogP contribution in [-0.2, 0) is 0 Å². The van der Waals surface area contributed by atoms with Crippen molar-refractivity contribution in [1.29, 1.82) is 0 Å². The van der Waals surface area contributed by atoms with Gasteiger partial charge in [0.25, 0.3) is 0 Å². The maximum Gasteiger partial charge on any atom is 0.311 e. The van der Waals surface area contributed by atoms with Crippen LogP contribution in [0, 0.1) is 15.9 Å². The number of nitro benzene ring substituents is 1. The number of benzene rings is 1. The number of nitrogens with zero attached hydrogens (tertiary/aromatic N) is 1. The highest BCUT2D eigenvalue weighted by atomic mass is 19.1. The Labute approximate surface area is 102 Å². The molecule has 4 N–H and O–H groups in total. The number of nitro groups is 1. The van der Waals surface area contributed by atoms with Crippen LogP contribution in [0.1, 0.15) is 11.7 Å². The Morgan fingerprint density at radius 1 is 1.50 bits per heavy atom. The lowest BCUT2D eigenvalue weighted by Crippen LogP contribution is -2.30. The molecule has 0 amide bonds. The third-order valence-electron chi connectivity index (χ3n) is 2.39. The van der Waals surface area contributed by atoms with E-state index in [2.05, 4.69) is 5.32 Å². The molecule has 7 nitrogen and oxygen atoms in total. The monoisotopic (exact) mass is 260 g/mol. The molecular weight excluding hydrogens is 247 g/mol. The van der Waals surface area contributed by atoms with E-state index in [0.29, 0.717) is 12.1 Å². The molecule has 0 aliphatic heterocycles. The molecule has 0 bridgehead atoms. The molecule has 1 aromatic rings. The summed E-state index contributed by atoms with van der Waals surface area (Å²) in [4.78, 5) is 9.66. The molecule has 18 heavy (non-hydrogen) atoms. The number of aliphatic hydroxyl groups is 2. The molecular formula is C10H13FN2O5. The maximum atomic E-state index is 13.5. The van der Waals surface area contributed by atoms with Crippen molar-refractivity contribution in [2.75, 3.05) is 13.6 Å². The Kier molecular flexibility index (Phi) is 4.54. The number of nitrogens with one attached hydrogen (secondary N) is 1. The van der Waals surface area contributed by atoms with E-state index in [0.717, 1.165) is 0 Å². The number of aliphatic hydroxyl groups excluding tert-OH is 2. The highest BCUT2D eigenvalue weighted by Gasteiger charge is 2.26. The van der Waals surface area contributed by atoms with Crippen LogP contribution in [0.4, 0.5) is 10.1 Å². The molecule has 1 aromatic carbocycles. The molecule has 0 saturated heterocycles. The minimum Gasteiger partial charge on any atom is -0.502 e. The zero-order valence-electron chi connectivity index (χ0n) is 9.50. The first-order valence-corrected chi connectivity index (χ1v) is 5.06. The summed E-state index contributed by atoms with van der Waals surface area (Å²) in [7, 11) is 1.52. The topological polar surface area (TPSA) is 116 Å². The third kappa shape index (κ3) is 2.92. The average Bonchev–Trinajstić information content (AvgIpc) is 2.28. The molecule has 2 atom stereocenters. The summed E-state index contributed by atoms with van der Waals surface area (Å²) in [6, 6.07) is 1.23. The molecule has 0 radical (unpaired) electrons. The molecule has 0 spiro atoms. The van der Waals surface area contributed by atoms with E-state index < -0.39 is 39.9 Å². The highest BCUT2D eigenvalue weighted by molar-refractivity contribution is 5.49. The number of hydrogen-bond donors (Lipinski definition) is 4. The number of halogens is 1. The summed E-state index contributed by atoms with van der Waals surface area (Å²) in [5.74, 6) is -1.86. The first-order valence-electron chi connectivity index (χ1n) is 5.06. The Morgan fingerprint density at radius 2 is 2.11 bits per heavy atom. The van der Waals surface area contributed by atoms with Crippen molar-refractivity contribution in [1.82, 2.24) is 5.32 Å². The van der Waals surface area contributed by atoms with Crippen molar-refractivity contribution in [3.05, 3.63) is 33.6 Å². The number of phenols is 1.